The van der Waals surface area contributed by atoms with Crippen LogP contribution in [0, 0.1) is 17.4 Å². The van der Waals surface area contributed by atoms with Gasteiger partial charge in [0.1, 0.15) is 0 Å². The average Bonchev–Trinajstić information content (AvgIpc) is 3.12. The lowest BCUT2D eigenvalue weighted by atomic mass is 10.00. The van der Waals surface area contributed by atoms with E-state index in [2.05, 4.69) is 64.3 Å². The smallest absolute Gasteiger partial charge is 0.0764 e. The molecular weight excluding hydrogens is 336 g/mol. The molecule has 0 fully saturated rings. The SMILES string of the molecule is Cc1c2c(c(Br)c3[nH]c4c(c13)CC=CC=4)=c1ccccc1=N2. The number of aromatic nitrogens is 1. The number of aromatic amines is 1. The molecule has 0 bridgehead atoms. The molecule has 1 aromatic heterocycles. The van der Waals surface area contributed by atoms with Crippen molar-refractivity contribution < 1.29 is 0 Å². The zero-order valence-electron chi connectivity index (χ0n) is 12.1. The van der Waals surface area contributed by atoms with E-state index in [0.29, 0.717) is 0 Å². The summed E-state index contributed by atoms with van der Waals surface area (Å²) in [6.45, 7) is 2.19. The number of allylic oxidation sites excluding steroid dienone is 2. The number of benzene rings is 2. The molecule has 2 aliphatic rings. The Bertz CT molecular complexity index is 1210. The minimum Gasteiger partial charge on any atom is -0.354 e. The molecule has 106 valence electrons. The Labute approximate surface area is 135 Å². The van der Waals surface area contributed by atoms with Crippen molar-refractivity contribution >= 4 is 38.6 Å². The molecule has 0 atom stereocenters. The first-order valence-electron chi connectivity index (χ1n) is 7.43. The fourth-order valence-corrected chi connectivity index (χ4v) is 4.36. The molecule has 5 rings (SSSR count). The lowest BCUT2D eigenvalue weighted by Crippen LogP contribution is -2.08. The molecule has 22 heavy (non-hydrogen) atoms. The van der Waals surface area contributed by atoms with E-state index in [9.17, 15) is 0 Å². The molecule has 0 saturated heterocycles. The highest BCUT2D eigenvalue weighted by molar-refractivity contribution is 9.10. The first-order valence-corrected chi connectivity index (χ1v) is 8.22. The van der Waals surface area contributed by atoms with E-state index in [1.54, 1.807) is 0 Å². The number of hydrogen-bond acceptors (Lipinski definition) is 1. The van der Waals surface area contributed by atoms with E-state index in [4.69, 9.17) is 4.99 Å². The van der Waals surface area contributed by atoms with Crippen LogP contribution in [0.15, 0.2) is 45.9 Å². The number of halogens is 1. The van der Waals surface area contributed by atoms with E-state index < -0.39 is 0 Å². The number of nitrogens with zero attached hydrogens (tertiary/aromatic N) is 1. The van der Waals surface area contributed by atoms with Crippen LogP contribution in [-0.2, 0) is 6.42 Å². The fourth-order valence-electron chi connectivity index (χ4n) is 3.66. The number of H-pyrrole nitrogens is 1. The number of rotatable bonds is 0. The molecule has 3 aromatic rings. The molecule has 1 aliphatic carbocycles. The molecule has 0 unspecified atom stereocenters. The number of aryl methyl sites for hydroxylation is 1. The van der Waals surface area contributed by atoms with Gasteiger partial charge in [-0.15, -0.1) is 0 Å². The second-order valence-electron chi connectivity index (χ2n) is 5.86. The van der Waals surface area contributed by atoms with Crippen molar-refractivity contribution in [3.8, 4) is 0 Å². The normalized spacial score (nSPS) is 14.3. The van der Waals surface area contributed by atoms with Gasteiger partial charge in [-0.1, -0.05) is 30.4 Å². The lowest BCUT2D eigenvalue weighted by Gasteiger charge is -2.07. The van der Waals surface area contributed by atoms with Gasteiger partial charge in [0, 0.05) is 21.2 Å². The molecular formula is C19H13BrN2. The Morgan fingerprint density at radius 3 is 3.00 bits per heavy atom. The van der Waals surface area contributed by atoms with Gasteiger partial charge < -0.3 is 4.98 Å². The molecule has 1 N–H and O–H groups in total. The number of nitrogens with one attached hydrogen (secondary N) is 1. The fraction of sp³-hybridized carbons (Fsp3) is 0.105. The molecule has 2 heterocycles. The van der Waals surface area contributed by atoms with Gasteiger partial charge in [0.2, 0.25) is 0 Å². The van der Waals surface area contributed by atoms with Gasteiger partial charge in [-0.3, -0.25) is 0 Å². The van der Waals surface area contributed by atoms with Crippen LogP contribution in [0.2, 0.25) is 0 Å². The van der Waals surface area contributed by atoms with Crippen LogP contribution in [0.1, 0.15) is 11.1 Å². The van der Waals surface area contributed by atoms with Gasteiger partial charge in [0.15, 0.2) is 0 Å². The van der Waals surface area contributed by atoms with E-state index in [1.807, 2.05) is 6.07 Å². The van der Waals surface area contributed by atoms with Crippen molar-refractivity contribution in [2.45, 2.75) is 13.3 Å². The molecule has 3 heteroatoms. The Kier molecular flexibility index (Phi) is 2.37. The van der Waals surface area contributed by atoms with Crippen molar-refractivity contribution in [3.05, 3.63) is 73.2 Å². The zero-order chi connectivity index (χ0) is 14.8. The Hall–Kier alpha value is -2.13. The summed E-state index contributed by atoms with van der Waals surface area (Å²) in [5.41, 5.74) is 4.94. The van der Waals surface area contributed by atoms with Crippen molar-refractivity contribution in [2.24, 2.45) is 4.99 Å². The van der Waals surface area contributed by atoms with E-state index in [0.717, 1.165) is 21.9 Å². The van der Waals surface area contributed by atoms with Crippen molar-refractivity contribution in [1.29, 1.82) is 0 Å². The molecule has 0 radical (unpaired) electrons. The molecule has 1 aliphatic heterocycles. The first-order chi connectivity index (χ1) is 10.8. The van der Waals surface area contributed by atoms with Crippen LogP contribution in [-0.4, -0.2) is 4.98 Å². The molecule has 0 saturated carbocycles. The second kappa shape index (κ2) is 4.20. The number of fused-ring (bicyclic) bond motifs is 5. The zero-order valence-corrected chi connectivity index (χ0v) is 13.7. The molecule has 2 nitrogen and oxygen atoms in total. The van der Waals surface area contributed by atoms with E-state index in [1.165, 1.54) is 37.8 Å². The summed E-state index contributed by atoms with van der Waals surface area (Å²) in [5.74, 6) is 0. The predicted molar refractivity (Wildman–Crippen MR) is 92.6 cm³/mol. The van der Waals surface area contributed by atoms with Crippen LogP contribution in [0.5, 0.6) is 0 Å². The Morgan fingerprint density at radius 1 is 1.23 bits per heavy atom. The molecule has 0 amide bonds. The highest BCUT2D eigenvalue weighted by Gasteiger charge is 2.19. The quantitative estimate of drug-likeness (QED) is 0.502. The Balaban J connectivity index is 2.12. The average molecular weight is 349 g/mol. The Morgan fingerprint density at radius 2 is 2.09 bits per heavy atom. The maximum absolute atomic E-state index is 4.88. The first kappa shape index (κ1) is 12.4. The topological polar surface area (TPSA) is 28.1 Å². The highest BCUT2D eigenvalue weighted by atomic mass is 79.9. The largest absolute Gasteiger partial charge is 0.354 e. The van der Waals surface area contributed by atoms with Gasteiger partial charge in [-0.25, -0.2) is 4.99 Å². The van der Waals surface area contributed by atoms with E-state index in [-0.39, 0.29) is 0 Å². The van der Waals surface area contributed by atoms with Crippen LogP contribution in [0.4, 0.5) is 5.69 Å². The summed E-state index contributed by atoms with van der Waals surface area (Å²) in [4.78, 5) is 8.47. The van der Waals surface area contributed by atoms with E-state index >= 15 is 0 Å². The van der Waals surface area contributed by atoms with Crippen molar-refractivity contribution in [3.63, 3.8) is 0 Å². The van der Waals surface area contributed by atoms with Crippen molar-refractivity contribution in [1.82, 2.24) is 4.98 Å². The molecule has 0 spiro atoms. The number of hydrogen-bond donors (Lipinski definition) is 1. The predicted octanol–water partition coefficient (Wildman–Crippen LogP) is 3.68. The minimum absolute atomic E-state index is 0.977. The molecule has 2 aromatic carbocycles. The van der Waals surface area contributed by atoms with Crippen LogP contribution < -0.4 is 10.7 Å². The monoisotopic (exact) mass is 348 g/mol. The standard InChI is InChI=1S/C19H13BrN2/c1-10-15-11-6-2-4-8-13(11)22-19(15)17(20)16-12-7-3-5-9-14(12)21-18(10)16/h2-5,7-9,22H,6H2,1H3. The third kappa shape index (κ3) is 1.42. The van der Waals surface area contributed by atoms with Crippen LogP contribution in [0.3, 0.4) is 0 Å². The summed E-state index contributed by atoms with van der Waals surface area (Å²) >= 11 is 3.84. The minimum atomic E-state index is 0.977. The third-order valence-electron chi connectivity index (χ3n) is 4.67. The maximum Gasteiger partial charge on any atom is 0.0764 e. The number of para-hydroxylation sites is 1. The van der Waals surface area contributed by atoms with Crippen LogP contribution in [0.25, 0.3) is 17.0 Å². The van der Waals surface area contributed by atoms with Gasteiger partial charge in [-0.2, -0.15) is 0 Å². The van der Waals surface area contributed by atoms with Gasteiger partial charge in [-0.05, 0) is 52.5 Å². The second-order valence-corrected chi connectivity index (χ2v) is 6.65. The summed E-state index contributed by atoms with van der Waals surface area (Å²) < 4.78 is 1.12. The lowest BCUT2D eigenvalue weighted by molar-refractivity contribution is 1.21. The summed E-state index contributed by atoms with van der Waals surface area (Å²) in [6.07, 6.45) is 7.46. The maximum atomic E-state index is 4.88. The van der Waals surface area contributed by atoms with Crippen molar-refractivity contribution in [2.75, 3.05) is 0 Å². The highest BCUT2D eigenvalue weighted by Crippen LogP contribution is 2.37. The summed E-state index contributed by atoms with van der Waals surface area (Å²) in [5, 5.41) is 6.03. The van der Waals surface area contributed by atoms with Crippen LogP contribution >= 0.6 is 15.9 Å². The summed E-state index contributed by atoms with van der Waals surface area (Å²) in [7, 11) is 0. The van der Waals surface area contributed by atoms with Gasteiger partial charge >= 0.3 is 0 Å². The third-order valence-corrected chi connectivity index (χ3v) is 5.46. The summed E-state index contributed by atoms with van der Waals surface area (Å²) in [6, 6.07) is 8.36. The van der Waals surface area contributed by atoms with Gasteiger partial charge in [0.25, 0.3) is 0 Å². The van der Waals surface area contributed by atoms with Gasteiger partial charge in [0.05, 0.1) is 21.0 Å².